The number of aryl methyl sites for hydroxylation is 1. The summed E-state index contributed by atoms with van der Waals surface area (Å²) in [5.74, 6) is 0. The van der Waals surface area contributed by atoms with Gasteiger partial charge in [0.25, 0.3) is 0 Å². The van der Waals surface area contributed by atoms with Crippen molar-refractivity contribution in [3.05, 3.63) is 23.8 Å². The molecule has 2 heteroatoms. The van der Waals surface area contributed by atoms with E-state index in [0.717, 1.165) is 0 Å². The molecule has 0 amide bonds. The van der Waals surface area contributed by atoms with Crippen LogP contribution in [-0.4, -0.2) is 16.1 Å². The highest BCUT2D eigenvalue weighted by molar-refractivity contribution is 7.00. The van der Waals surface area contributed by atoms with Crippen molar-refractivity contribution >= 4 is 26.5 Å². The summed E-state index contributed by atoms with van der Waals surface area (Å²) in [4.78, 5) is 0. The molecule has 0 radical (unpaired) electrons. The van der Waals surface area contributed by atoms with Gasteiger partial charge in [-0.1, -0.05) is 78.8 Å². The van der Waals surface area contributed by atoms with Gasteiger partial charge in [0.05, 0.1) is 16.1 Å². The Hall–Kier alpha value is -0.346. The van der Waals surface area contributed by atoms with Gasteiger partial charge in [0, 0.05) is 0 Å². The molecule has 2 rings (SSSR count). The van der Waals surface area contributed by atoms with E-state index in [1.54, 1.807) is 10.4 Å². The summed E-state index contributed by atoms with van der Waals surface area (Å²) < 4.78 is 0. The van der Waals surface area contributed by atoms with Gasteiger partial charge in [-0.15, -0.1) is 0 Å². The third kappa shape index (κ3) is 2.05. The molecule has 0 atom stereocenters. The molecule has 0 unspecified atom stereocenters. The SMILES string of the molecule is Cc1ccc2c(c1)[Si](C)(C)CCC[Si]2(C)C. The first-order valence-electron chi connectivity index (χ1n) is 6.45. The summed E-state index contributed by atoms with van der Waals surface area (Å²) in [5.41, 5.74) is 1.45. The summed E-state index contributed by atoms with van der Waals surface area (Å²) in [7, 11) is -2.29. The van der Waals surface area contributed by atoms with Crippen molar-refractivity contribution in [3.8, 4) is 0 Å². The maximum atomic E-state index is 2.56. The van der Waals surface area contributed by atoms with E-state index in [0.29, 0.717) is 0 Å². The molecular formula is C14H24Si2. The van der Waals surface area contributed by atoms with Crippen molar-refractivity contribution < 1.29 is 0 Å². The molecule has 1 heterocycles. The van der Waals surface area contributed by atoms with Gasteiger partial charge >= 0.3 is 0 Å². The molecule has 1 aliphatic heterocycles. The Labute approximate surface area is 102 Å². The number of fused-ring (bicyclic) bond motifs is 1. The topological polar surface area (TPSA) is 0 Å². The Bertz CT molecular complexity index is 405. The summed E-state index contributed by atoms with van der Waals surface area (Å²) in [6.07, 6.45) is 1.46. The molecule has 88 valence electrons. The van der Waals surface area contributed by atoms with Gasteiger partial charge in [0.15, 0.2) is 0 Å². The van der Waals surface area contributed by atoms with Crippen LogP contribution in [0.15, 0.2) is 18.2 Å². The highest BCUT2D eigenvalue weighted by atomic mass is 28.3. The van der Waals surface area contributed by atoms with E-state index >= 15 is 0 Å². The van der Waals surface area contributed by atoms with Gasteiger partial charge < -0.3 is 0 Å². The zero-order valence-electron chi connectivity index (χ0n) is 11.4. The molecule has 16 heavy (non-hydrogen) atoms. The van der Waals surface area contributed by atoms with E-state index in [1.165, 1.54) is 24.1 Å². The second kappa shape index (κ2) is 3.85. The first kappa shape index (κ1) is 12.1. The van der Waals surface area contributed by atoms with Crippen molar-refractivity contribution in [2.24, 2.45) is 0 Å². The summed E-state index contributed by atoms with van der Waals surface area (Å²) in [6, 6.07) is 10.3. The molecule has 0 saturated heterocycles. The first-order valence-corrected chi connectivity index (χ1v) is 12.9. The summed E-state index contributed by atoms with van der Waals surface area (Å²) >= 11 is 0. The molecule has 0 aliphatic carbocycles. The van der Waals surface area contributed by atoms with Gasteiger partial charge in [0.1, 0.15) is 0 Å². The fourth-order valence-electron chi connectivity index (χ4n) is 3.05. The summed E-state index contributed by atoms with van der Waals surface area (Å²) in [5, 5.41) is 3.55. The fourth-order valence-corrected chi connectivity index (χ4v) is 10.9. The Morgan fingerprint density at radius 1 is 0.875 bits per heavy atom. The second-order valence-corrected chi connectivity index (χ2v) is 16.3. The van der Waals surface area contributed by atoms with Crippen LogP contribution in [0, 0.1) is 6.92 Å². The quantitative estimate of drug-likeness (QED) is 0.619. The first-order chi connectivity index (χ1) is 7.33. The van der Waals surface area contributed by atoms with Crippen molar-refractivity contribution in [1.29, 1.82) is 0 Å². The lowest BCUT2D eigenvalue weighted by Crippen LogP contribution is -2.56. The fraction of sp³-hybridized carbons (Fsp3) is 0.571. The zero-order chi connectivity index (χ0) is 12.0. The van der Waals surface area contributed by atoms with Crippen LogP contribution in [0.1, 0.15) is 12.0 Å². The lowest BCUT2D eigenvalue weighted by atomic mass is 10.2. The minimum absolute atomic E-state index is 1.14. The van der Waals surface area contributed by atoms with Gasteiger partial charge in [-0.3, -0.25) is 0 Å². The molecule has 0 aromatic heterocycles. The van der Waals surface area contributed by atoms with E-state index in [4.69, 9.17) is 0 Å². The average molecular weight is 249 g/mol. The van der Waals surface area contributed by atoms with E-state index in [2.05, 4.69) is 51.3 Å². The minimum atomic E-state index is -1.15. The van der Waals surface area contributed by atoms with Crippen molar-refractivity contribution in [2.45, 2.75) is 51.6 Å². The molecule has 0 saturated carbocycles. The predicted molar refractivity (Wildman–Crippen MR) is 79.6 cm³/mol. The Morgan fingerprint density at radius 3 is 2.06 bits per heavy atom. The maximum absolute atomic E-state index is 2.56. The molecule has 1 aromatic rings. The van der Waals surface area contributed by atoms with Gasteiger partial charge in [-0.2, -0.15) is 0 Å². The van der Waals surface area contributed by atoms with Crippen molar-refractivity contribution in [3.63, 3.8) is 0 Å². The molecular weight excluding hydrogens is 224 g/mol. The largest absolute Gasteiger partial charge is 0.0804 e. The Morgan fingerprint density at radius 2 is 1.44 bits per heavy atom. The van der Waals surface area contributed by atoms with Crippen molar-refractivity contribution in [2.75, 3.05) is 0 Å². The zero-order valence-corrected chi connectivity index (χ0v) is 13.4. The highest BCUT2D eigenvalue weighted by Gasteiger charge is 2.36. The number of benzene rings is 1. The van der Waals surface area contributed by atoms with Crippen LogP contribution in [0.25, 0.3) is 0 Å². The lowest BCUT2D eigenvalue weighted by molar-refractivity contribution is 1.03. The molecule has 1 aromatic carbocycles. The second-order valence-electron chi connectivity index (χ2n) is 6.67. The monoisotopic (exact) mass is 248 g/mol. The van der Waals surface area contributed by atoms with Crippen LogP contribution >= 0.6 is 0 Å². The number of hydrogen-bond acceptors (Lipinski definition) is 0. The average Bonchev–Trinajstić information content (AvgIpc) is 2.23. The van der Waals surface area contributed by atoms with Crippen LogP contribution < -0.4 is 10.4 Å². The van der Waals surface area contributed by atoms with Crippen LogP contribution in [0.5, 0.6) is 0 Å². The highest BCUT2D eigenvalue weighted by Crippen LogP contribution is 2.24. The number of hydrogen-bond donors (Lipinski definition) is 0. The molecule has 0 bridgehead atoms. The molecule has 0 N–H and O–H groups in total. The van der Waals surface area contributed by atoms with Gasteiger partial charge in [-0.05, 0) is 6.92 Å². The van der Waals surface area contributed by atoms with E-state index in [-0.39, 0.29) is 0 Å². The van der Waals surface area contributed by atoms with Crippen LogP contribution in [0.2, 0.25) is 38.3 Å². The third-order valence-electron chi connectivity index (χ3n) is 4.24. The van der Waals surface area contributed by atoms with Gasteiger partial charge in [-0.25, -0.2) is 0 Å². The minimum Gasteiger partial charge on any atom is -0.0654 e. The summed E-state index contributed by atoms with van der Waals surface area (Å²) in [6.45, 7) is 12.5. The normalized spacial score (nSPS) is 22.3. The third-order valence-corrected chi connectivity index (χ3v) is 11.5. The molecule has 0 fully saturated rings. The van der Waals surface area contributed by atoms with Crippen molar-refractivity contribution in [1.82, 2.24) is 0 Å². The van der Waals surface area contributed by atoms with Crippen LogP contribution in [0.3, 0.4) is 0 Å². The predicted octanol–water partition coefficient (Wildman–Crippen LogP) is 3.23. The number of rotatable bonds is 0. The van der Waals surface area contributed by atoms with Crippen LogP contribution in [0.4, 0.5) is 0 Å². The lowest BCUT2D eigenvalue weighted by Gasteiger charge is -2.28. The van der Waals surface area contributed by atoms with E-state index < -0.39 is 16.1 Å². The standard InChI is InChI=1S/C14H24Si2/c1-12-7-8-13-14(11-12)16(4,5)10-6-9-15(13,2)3/h7-8,11H,6,9-10H2,1-5H3. The molecule has 0 spiro atoms. The molecule has 1 aliphatic rings. The van der Waals surface area contributed by atoms with Crippen LogP contribution in [-0.2, 0) is 0 Å². The molecule has 0 nitrogen and oxygen atoms in total. The van der Waals surface area contributed by atoms with Gasteiger partial charge in [0.2, 0.25) is 0 Å². The van der Waals surface area contributed by atoms with E-state index in [1.807, 2.05) is 0 Å². The Balaban J connectivity index is 2.65. The smallest absolute Gasteiger partial charge is 0.0654 e. The Kier molecular flexibility index (Phi) is 2.91. The van der Waals surface area contributed by atoms with E-state index in [9.17, 15) is 0 Å². The maximum Gasteiger partial charge on any atom is 0.0804 e.